The Morgan fingerprint density at radius 1 is 0.609 bits per heavy atom. The van der Waals surface area contributed by atoms with Crippen LogP contribution in [0.1, 0.15) is 33.4 Å². The fourth-order valence-corrected chi connectivity index (χ4v) is 2.38. The van der Waals surface area contributed by atoms with E-state index in [-0.39, 0.29) is 0 Å². The van der Waals surface area contributed by atoms with Crippen molar-refractivity contribution in [3.05, 3.63) is 57.6 Å². The van der Waals surface area contributed by atoms with E-state index in [0.29, 0.717) is 0 Å². The Balaban J connectivity index is 0.000000360. The number of nitrogen functional groups attached to an aromatic ring is 2. The van der Waals surface area contributed by atoms with Crippen molar-refractivity contribution in [1.82, 2.24) is 0 Å². The molecule has 0 fully saturated rings. The van der Waals surface area contributed by atoms with Gasteiger partial charge in [0.2, 0.25) is 0 Å². The van der Waals surface area contributed by atoms with E-state index in [0.717, 1.165) is 11.4 Å². The second kappa shape index (κ2) is 10.9. The van der Waals surface area contributed by atoms with Crippen LogP contribution in [0.25, 0.3) is 0 Å². The molecule has 0 aliphatic carbocycles. The summed E-state index contributed by atoms with van der Waals surface area (Å²) >= 11 is -0.931. The minimum atomic E-state index is -0.931. The van der Waals surface area contributed by atoms with Crippen LogP contribution < -0.4 is 11.5 Å². The maximum atomic E-state index is 5.75. The normalized spacial score (nSPS) is 9.04. The third-order valence-electron chi connectivity index (χ3n) is 3.48. The number of hydrogen-bond donors (Lipinski definition) is 2. The van der Waals surface area contributed by atoms with Crippen molar-refractivity contribution in [2.24, 2.45) is 0 Å². The number of nitrogens with two attached hydrogens (primary N) is 2. The molecule has 124 valence electrons. The van der Waals surface area contributed by atoms with Crippen molar-refractivity contribution in [3.63, 3.8) is 0 Å². The molecule has 5 heteroatoms. The molecular weight excluding hydrogens is 381 g/mol. The van der Waals surface area contributed by atoms with Gasteiger partial charge in [-0.3, -0.25) is 0 Å². The molecule has 2 aromatic rings. The Hall–Kier alpha value is -0.757. The first-order chi connectivity index (χ1) is 10.6. The Bertz CT molecular complexity index is 541. The zero-order chi connectivity index (χ0) is 18.2. The Kier molecular flexibility index (Phi) is 10.6. The third-order valence-corrected chi connectivity index (χ3v) is 3.48. The zero-order valence-corrected chi connectivity index (χ0v) is 19.4. The standard InChI is InChI=1S/2C9H13N.2ClH.Zn/c2*1-6-4-7(2)9(10)8(3)5-6;;;/h2*4-5H,10H2,1-3H3;2*1H;/q;;;;+2/p-2. The number of aryl methyl sites for hydroxylation is 6. The number of halogens is 2. The van der Waals surface area contributed by atoms with Crippen LogP contribution in [0.5, 0.6) is 0 Å². The molecular formula is C18H26Cl2N2Zn. The molecule has 0 bridgehead atoms. The van der Waals surface area contributed by atoms with Crippen LogP contribution in [0.15, 0.2) is 24.3 Å². The molecule has 0 aromatic heterocycles. The predicted molar refractivity (Wildman–Crippen MR) is 102 cm³/mol. The van der Waals surface area contributed by atoms with Crippen LogP contribution in [0.2, 0.25) is 0 Å². The summed E-state index contributed by atoms with van der Waals surface area (Å²) in [5.74, 6) is 0. The quantitative estimate of drug-likeness (QED) is 0.431. The first-order valence-corrected chi connectivity index (χ1v) is 15.2. The molecule has 0 saturated heterocycles. The number of benzene rings is 2. The van der Waals surface area contributed by atoms with Gasteiger partial charge in [0, 0.05) is 11.4 Å². The fourth-order valence-electron chi connectivity index (χ4n) is 2.38. The molecule has 0 amide bonds. The van der Waals surface area contributed by atoms with E-state index in [1.807, 2.05) is 27.7 Å². The van der Waals surface area contributed by atoms with Crippen LogP contribution in [-0.4, -0.2) is 0 Å². The van der Waals surface area contributed by atoms with Gasteiger partial charge < -0.3 is 11.5 Å². The Labute approximate surface area is 156 Å². The molecule has 0 radical (unpaired) electrons. The minimum absolute atomic E-state index is 0.922. The predicted octanol–water partition coefficient (Wildman–Crippen LogP) is 5.76. The first kappa shape index (κ1) is 22.2. The van der Waals surface area contributed by atoms with E-state index in [9.17, 15) is 0 Å². The molecule has 4 N–H and O–H groups in total. The van der Waals surface area contributed by atoms with Crippen LogP contribution in [0.3, 0.4) is 0 Å². The van der Waals surface area contributed by atoms with Crippen molar-refractivity contribution >= 4 is 30.8 Å². The molecule has 2 rings (SSSR count). The fraction of sp³-hybridized carbons (Fsp3) is 0.333. The van der Waals surface area contributed by atoms with Crippen molar-refractivity contribution in [3.8, 4) is 0 Å². The molecule has 2 nitrogen and oxygen atoms in total. The van der Waals surface area contributed by atoms with Gasteiger partial charge in [-0.15, -0.1) is 0 Å². The third kappa shape index (κ3) is 8.06. The molecule has 0 aliphatic heterocycles. The monoisotopic (exact) mass is 404 g/mol. The summed E-state index contributed by atoms with van der Waals surface area (Å²) in [6.45, 7) is 12.3. The van der Waals surface area contributed by atoms with E-state index in [1.54, 1.807) is 0 Å². The average Bonchev–Trinajstić information content (AvgIpc) is 2.43. The van der Waals surface area contributed by atoms with E-state index in [2.05, 4.69) is 38.1 Å². The zero-order valence-electron chi connectivity index (χ0n) is 14.9. The summed E-state index contributed by atoms with van der Waals surface area (Å²) in [5.41, 5.74) is 20.6. The average molecular weight is 407 g/mol. The maximum absolute atomic E-state index is 5.75. The summed E-state index contributed by atoms with van der Waals surface area (Å²) in [7, 11) is 9.90. The van der Waals surface area contributed by atoms with Crippen molar-refractivity contribution in [2.75, 3.05) is 11.5 Å². The molecule has 2 aromatic carbocycles. The van der Waals surface area contributed by atoms with Gasteiger partial charge in [0.1, 0.15) is 0 Å². The topological polar surface area (TPSA) is 52.0 Å². The number of rotatable bonds is 0. The van der Waals surface area contributed by atoms with Crippen LogP contribution in [0, 0.1) is 41.5 Å². The SMILES string of the molecule is Cc1cc(C)c(N)c(C)c1.Cc1cc(C)c(N)c(C)c1.[Cl][Zn][Cl]. The van der Waals surface area contributed by atoms with Gasteiger partial charge in [-0.25, -0.2) is 0 Å². The van der Waals surface area contributed by atoms with Gasteiger partial charge in [0.25, 0.3) is 0 Å². The molecule has 0 heterocycles. The van der Waals surface area contributed by atoms with E-state index in [4.69, 9.17) is 30.8 Å². The van der Waals surface area contributed by atoms with Gasteiger partial charge in [0.05, 0.1) is 0 Å². The Morgan fingerprint density at radius 3 is 0.957 bits per heavy atom. The summed E-state index contributed by atoms with van der Waals surface area (Å²) in [6, 6.07) is 8.40. The van der Waals surface area contributed by atoms with Gasteiger partial charge >= 0.3 is 34.5 Å². The van der Waals surface area contributed by atoms with E-state index >= 15 is 0 Å². The van der Waals surface area contributed by atoms with Crippen molar-refractivity contribution < 1.29 is 15.1 Å². The number of anilines is 2. The molecule has 0 saturated carbocycles. The summed E-state index contributed by atoms with van der Waals surface area (Å²) in [4.78, 5) is 0. The van der Waals surface area contributed by atoms with E-state index in [1.165, 1.54) is 33.4 Å². The van der Waals surface area contributed by atoms with Crippen molar-refractivity contribution in [2.45, 2.75) is 41.5 Å². The second-order valence-electron chi connectivity index (χ2n) is 5.73. The summed E-state index contributed by atoms with van der Waals surface area (Å²) in [6.07, 6.45) is 0. The first-order valence-electron chi connectivity index (χ1n) is 7.42. The molecule has 0 spiro atoms. The van der Waals surface area contributed by atoms with Crippen LogP contribution in [-0.2, 0) is 15.1 Å². The number of hydrogen-bond acceptors (Lipinski definition) is 2. The van der Waals surface area contributed by atoms with Gasteiger partial charge in [-0.2, -0.15) is 0 Å². The van der Waals surface area contributed by atoms with Crippen LogP contribution >= 0.6 is 19.4 Å². The summed E-state index contributed by atoms with van der Waals surface area (Å²) < 4.78 is 0. The van der Waals surface area contributed by atoms with Gasteiger partial charge in [-0.1, -0.05) is 35.4 Å². The van der Waals surface area contributed by atoms with Gasteiger partial charge in [0.15, 0.2) is 0 Å². The second-order valence-corrected chi connectivity index (χ2v) is 10.3. The van der Waals surface area contributed by atoms with Crippen LogP contribution in [0.4, 0.5) is 11.4 Å². The van der Waals surface area contributed by atoms with Gasteiger partial charge in [-0.05, 0) is 63.8 Å². The van der Waals surface area contributed by atoms with E-state index < -0.39 is 15.1 Å². The van der Waals surface area contributed by atoms with Crippen molar-refractivity contribution in [1.29, 1.82) is 0 Å². The summed E-state index contributed by atoms with van der Waals surface area (Å²) in [5, 5.41) is 0. The molecule has 23 heavy (non-hydrogen) atoms. The Morgan fingerprint density at radius 2 is 0.783 bits per heavy atom. The molecule has 0 aliphatic rings. The molecule has 0 unspecified atom stereocenters. The molecule has 0 atom stereocenters.